The molecule has 90 valence electrons. The molecular formula is C17H10O2. The van der Waals surface area contributed by atoms with Crippen molar-refractivity contribution in [3.63, 3.8) is 0 Å². The molecule has 0 aliphatic rings. The van der Waals surface area contributed by atoms with Gasteiger partial charge in [-0.3, -0.25) is 0 Å². The predicted molar refractivity (Wildman–Crippen MR) is 77.5 cm³/mol. The molecule has 4 aromatic rings. The Morgan fingerprint density at radius 2 is 1.37 bits per heavy atom. The summed E-state index contributed by atoms with van der Waals surface area (Å²) >= 11 is 0. The number of rotatable bonds is 0. The van der Waals surface area contributed by atoms with Crippen molar-refractivity contribution in [1.82, 2.24) is 0 Å². The summed E-state index contributed by atoms with van der Waals surface area (Å²) in [5.74, 6) is 0. The van der Waals surface area contributed by atoms with Crippen LogP contribution in [0, 0.1) is 0 Å². The summed E-state index contributed by atoms with van der Waals surface area (Å²) in [6.07, 6.45) is 1.57. The minimum Gasteiger partial charge on any atom is -0.430 e. The van der Waals surface area contributed by atoms with Gasteiger partial charge < -0.3 is 4.42 Å². The Morgan fingerprint density at radius 3 is 2.26 bits per heavy atom. The van der Waals surface area contributed by atoms with E-state index in [1.165, 1.54) is 0 Å². The quantitative estimate of drug-likeness (QED) is 0.467. The van der Waals surface area contributed by atoms with Gasteiger partial charge in [-0.1, -0.05) is 48.5 Å². The number of fused-ring (bicyclic) bond motifs is 5. The van der Waals surface area contributed by atoms with E-state index in [1.807, 2.05) is 30.3 Å². The molecule has 0 radical (unpaired) electrons. The average molecular weight is 246 g/mol. The lowest BCUT2D eigenvalue weighted by molar-refractivity contribution is 0.527. The lowest BCUT2D eigenvalue weighted by Crippen LogP contribution is -1.93. The summed E-state index contributed by atoms with van der Waals surface area (Å²) in [4.78, 5) is 12.0. The molecule has 4 rings (SSSR count). The standard InChI is InChI=1S/C17H10O2/c18-17-15-6-2-1-5-13(15)14-9-8-11-4-3-7-12(11)16(14)10-19-17/h1-10H. The summed E-state index contributed by atoms with van der Waals surface area (Å²) in [5.41, 5.74) is -0.300. The van der Waals surface area contributed by atoms with Gasteiger partial charge in [-0.15, -0.1) is 0 Å². The van der Waals surface area contributed by atoms with Crippen LogP contribution in [-0.2, 0) is 0 Å². The number of hydrogen-bond acceptors (Lipinski definition) is 2. The number of hydrogen-bond donors (Lipinski definition) is 0. The summed E-state index contributed by atoms with van der Waals surface area (Å²) < 4.78 is 5.27. The fraction of sp³-hybridized carbons (Fsp3) is 0. The molecule has 0 atom stereocenters. The van der Waals surface area contributed by atoms with Gasteiger partial charge in [-0.25, -0.2) is 4.79 Å². The lowest BCUT2D eigenvalue weighted by Gasteiger charge is -1.98. The van der Waals surface area contributed by atoms with E-state index in [4.69, 9.17) is 4.42 Å². The van der Waals surface area contributed by atoms with E-state index in [0.717, 1.165) is 26.9 Å². The van der Waals surface area contributed by atoms with Crippen molar-refractivity contribution >= 4 is 32.3 Å². The van der Waals surface area contributed by atoms with Crippen molar-refractivity contribution in [2.24, 2.45) is 0 Å². The van der Waals surface area contributed by atoms with Gasteiger partial charge in [0, 0.05) is 5.39 Å². The van der Waals surface area contributed by atoms with Gasteiger partial charge in [0.05, 0.1) is 5.39 Å². The highest BCUT2D eigenvalue weighted by Crippen LogP contribution is 2.29. The normalized spacial score (nSPS) is 11.4. The molecule has 1 aromatic heterocycles. The van der Waals surface area contributed by atoms with Crippen molar-refractivity contribution in [2.45, 2.75) is 0 Å². The van der Waals surface area contributed by atoms with Crippen molar-refractivity contribution in [2.75, 3.05) is 0 Å². The van der Waals surface area contributed by atoms with E-state index in [2.05, 4.69) is 18.2 Å². The smallest absolute Gasteiger partial charge is 0.343 e. The molecule has 2 heteroatoms. The SMILES string of the molecule is O=c1occ2c3cccc3ccc2c2ccccc12. The van der Waals surface area contributed by atoms with E-state index < -0.39 is 0 Å². The Kier molecular flexibility index (Phi) is 2.00. The second-order valence-corrected chi connectivity index (χ2v) is 4.62. The molecule has 0 aliphatic heterocycles. The minimum absolute atomic E-state index is 0.300. The van der Waals surface area contributed by atoms with Crippen LogP contribution in [0.4, 0.5) is 0 Å². The van der Waals surface area contributed by atoms with E-state index in [9.17, 15) is 4.79 Å². The van der Waals surface area contributed by atoms with Crippen LogP contribution in [0.2, 0.25) is 0 Å². The predicted octanol–water partition coefficient (Wildman–Crippen LogP) is 4.10. The zero-order chi connectivity index (χ0) is 12.8. The van der Waals surface area contributed by atoms with Crippen LogP contribution >= 0.6 is 0 Å². The zero-order valence-electron chi connectivity index (χ0n) is 10.1. The molecular weight excluding hydrogens is 236 g/mol. The molecule has 0 saturated carbocycles. The lowest BCUT2D eigenvalue weighted by atomic mass is 10.0. The Labute approximate surface area is 108 Å². The average Bonchev–Trinajstić information content (AvgIpc) is 2.87. The Hall–Kier alpha value is -2.61. The molecule has 0 saturated heterocycles. The van der Waals surface area contributed by atoms with E-state index in [0.29, 0.717) is 5.39 Å². The van der Waals surface area contributed by atoms with Crippen LogP contribution in [0.25, 0.3) is 32.3 Å². The second-order valence-electron chi connectivity index (χ2n) is 4.62. The van der Waals surface area contributed by atoms with Gasteiger partial charge >= 0.3 is 5.63 Å². The maximum Gasteiger partial charge on any atom is 0.343 e. The summed E-state index contributed by atoms with van der Waals surface area (Å²) in [6, 6.07) is 17.8. The highest BCUT2D eigenvalue weighted by molar-refractivity contribution is 6.15. The maximum absolute atomic E-state index is 12.0. The topological polar surface area (TPSA) is 30.2 Å². The monoisotopic (exact) mass is 246 g/mol. The largest absolute Gasteiger partial charge is 0.430 e. The Bertz CT molecular complexity index is 980. The molecule has 0 N–H and O–H groups in total. The molecule has 0 fully saturated rings. The van der Waals surface area contributed by atoms with Crippen LogP contribution in [0.3, 0.4) is 0 Å². The third-order valence-electron chi connectivity index (χ3n) is 3.58. The molecule has 3 aromatic carbocycles. The molecule has 0 amide bonds. The Morgan fingerprint density at radius 1 is 0.632 bits per heavy atom. The Balaban J connectivity index is 2.43. The molecule has 0 unspecified atom stereocenters. The molecule has 2 nitrogen and oxygen atoms in total. The third kappa shape index (κ3) is 1.40. The number of benzene rings is 2. The van der Waals surface area contributed by atoms with Gasteiger partial charge in [0.1, 0.15) is 6.26 Å². The highest BCUT2D eigenvalue weighted by atomic mass is 16.4. The maximum atomic E-state index is 12.0. The first-order valence-electron chi connectivity index (χ1n) is 6.16. The molecule has 0 bridgehead atoms. The fourth-order valence-corrected chi connectivity index (χ4v) is 2.67. The van der Waals surface area contributed by atoms with E-state index in [1.54, 1.807) is 12.3 Å². The van der Waals surface area contributed by atoms with Crippen LogP contribution < -0.4 is 5.63 Å². The van der Waals surface area contributed by atoms with Gasteiger partial charge in [0.2, 0.25) is 0 Å². The molecule has 0 aliphatic carbocycles. The van der Waals surface area contributed by atoms with Crippen molar-refractivity contribution < 1.29 is 4.42 Å². The first-order valence-corrected chi connectivity index (χ1v) is 6.16. The first kappa shape index (κ1) is 10.3. The minimum atomic E-state index is -0.300. The summed E-state index contributed by atoms with van der Waals surface area (Å²) in [5, 5.41) is 5.83. The van der Waals surface area contributed by atoms with Gasteiger partial charge in [0.25, 0.3) is 0 Å². The van der Waals surface area contributed by atoms with Crippen molar-refractivity contribution in [1.29, 1.82) is 0 Å². The van der Waals surface area contributed by atoms with Crippen LogP contribution in [0.5, 0.6) is 0 Å². The van der Waals surface area contributed by atoms with Gasteiger partial charge in [-0.2, -0.15) is 0 Å². The molecule has 1 heterocycles. The summed E-state index contributed by atoms with van der Waals surface area (Å²) in [6.45, 7) is 0. The molecule has 19 heavy (non-hydrogen) atoms. The van der Waals surface area contributed by atoms with Crippen molar-refractivity contribution in [3.05, 3.63) is 71.3 Å². The van der Waals surface area contributed by atoms with Crippen molar-refractivity contribution in [3.8, 4) is 0 Å². The third-order valence-corrected chi connectivity index (χ3v) is 3.58. The van der Waals surface area contributed by atoms with E-state index >= 15 is 0 Å². The van der Waals surface area contributed by atoms with Crippen LogP contribution in [0.15, 0.2) is 70.1 Å². The highest BCUT2D eigenvalue weighted by Gasteiger charge is 2.06. The summed E-state index contributed by atoms with van der Waals surface area (Å²) in [7, 11) is 0. The van der Waals surface area contributed by atoms with Crippen LogP contribution in [0.1, 0.15) is 0 Å². The van der Waals surface area contributed by atoms with Gasteiger partial charge in [-0.05, 0) is 27.6 Å². The fourth-order valence-electron chi connectivity index (χ4n) is 2.67. The van der Waals surface area contributed by atoms with Crippen LogP contribution in [-0.4, -0.2) is 0 Å². The zero-order valence-corrected chi connectivity index (χ0v) is 10.1. The van der Waals surface area contributed by atoms with Gasteiger partial charge in [0.15, 0.2) is 0 Å². The first-order chi connectivity index (χ1) is 9.34. The molecule has 0 spiro atoms. The second kappa shape index (κ2) is 3.69. The van der Waals surface area contributed by atoms with E-state index in [-0.39, 0.29) is 5.63 Å².